The zero-order valence-electron chi connectivity index (χ0n) is 14.1. The van der Waals surface area contributed by atoms with Gasteiger partial charge in [-0.15, -0.1) is 0 Å². The minimum atomic E-state index is 0.824. The molecule has 0 bridgehead atoms. The first kappa shape index (κ1) is 16.2. The van der Waals surface area contributed by atoms with Gasteiger partial charge in [0.05, 0.1) is 0 Å². The molecule has 0 atom stereocenters. The molecular weight excluding hydrogens is 280 g/mol. The summed E-state index contributed by atoms with van der Waals surface area (Å²) in [4.78, 5) is 9.00. The summed E-state index contributed by atoms with van der Waals surface area (Å²) in [5.41, 5.74) is 2.35. The van der Waals surface area contributed by atoms with E-state index in [0.29, 0.717) is 0 Å². The summed E-state index contributed by atoms with van der Waals surface area (Å²) in [7, 11) is 0. The molecule has 1 aromatic carbocycles. The van der Waals surface area contributed by atoms with Crippen molar-refractivity contribution in [3.63, 3.8) is 0 Å². The standard InChI is InChI=1S/C21H28N2/c1(3-6-10-18-14-15-18)2-4-7-11-19-16-22-21(23-17-19)20-12-8-5-9-13-20/h5,8-9,12-13,16-18H,1-4,6-7,10-11,14-15H2. The van der Waals surface area contributed by atoms with Gasteiger partial charge in [0, 0.05) is 18.0 Å². The lowest BCUT2D eigenvalue weighted by Crippen LogP contribution is -1.93. The second kappa shape index (κ2) is 8.81. The predicted octanol–water partition coefficient (Wildman–Crippen LogP) is 5.83. The molecule has 0 N–H and O–H groups in total. The van der Waals surface area contributed by atoms with Crippen LogP contribution >= 0.6 is 0 Å². The van der Waals surface area contributed by atoms with Gasteiger partial charge in [-0.1, -0.05) is 81.7 Å². The number of nitrogens with zero attached hydrogens (tertiary/aromatic N) is 2. The minimum Gasteiger partial charge on any atom is -0.236 e. The third-order valence-electron chi connectivity index (χ3n) is 4.76. The van der Waals surface area contributed by atoms with Crippen molar-refractivity contribution in [1.29, 1.82) is 0 Å². The Balaban J connectivity index is 1.29. The maximum atomic E-state index is 4.50. The van der Waals surface area contributed by atoms with Crippen LogP contribution in [0, 0.1) is 5.92 Å². The van der Waals surface area contributed by atoms with Gasteiger partial charge in [0.15, 0.2) is 5.82 Å². The highest BCUT2D eigenvalue weighted by molar-refractivity contribution is 5.53. The smallest absolute Gasteiger partial charge is 0.159 e. The van der Waals surface area contributed by atoms with E-state index in [0.717, 1.165) is 23.7 Å². The van der Waals surface area contributed by atoms with Crippen molar-refractivity contribution in [2.75, 3.05) is 0 Å². The van der Waals surface area contributed by atoms with E-state index in [-0.39, 0.29) is 0 Å². The fourth-order valence-corrected chi connectivity index (χ4v) is 3.10. The van der Waals surface area contributed by atoms with Crippen LogP contribution in [0.15, 0.2) is 42.7 Å². The number of aryl methyl sites for hydroxylation is 1. The van der Waals surface area contributed by atoms with Gasteiger partial charge >= 0.3 is 0 Å². The third-order valence-corrected chi connectivity index (χ3v) is 4.76. The van der Waals surface area contributed by atoms with E-state index in [9.17, 15) is 0 Å². The van der Waals surface area contributed by atoms with E-state index < -0.39 is 0 Å². The molecule has 23 heavy (non-hydrogen) atoms. The number of unbranched alkanes of at least 4 members (excludes halogenated alkanes) is 5. The van der Waals surface area contributed by atoms with Crippen LogP contribution < -0.4 is 0 Å². The molecule has 0 spiro atoms. The Kier molecular flexibility index (Phi) is 6.19. The molecule has 122 valence electrons. The van der Waals surface area contributed by atoms with Crippen LogP contribution in [0.2, 0.25) is 0 Å². The molecule has 0 saturated heterocycles. The van der Waals surface area contributed by atoms with Gasteiger partial charge in [-0.25, -0.2) is 9.97 Å². The summed E-state index contributed by atoms with van der Waals surface area (Å²) in [5.74, 6) is 1.93. The molecule has 0 radical (unpaired) electrons. The number of benzene rings is 1. The number of aromatic nitrogens is 2. The fraction of sp³-hybridized carbons (Fsp3) is 0.524. The van der Waals surface area contributed by atoms with E-state index in [1.807, 2.05) is 30.6 Å². The van der Waals surface area contributed by atoms with Crippen LogP contribution in [0.25, 0.3) is 11.4 Å². The number of hydrogen-bond donors (Lipinski definition) is 0. The lowest BCUT2D eigenvalue weighted by atomic mass is 10.1. The van der Waals surface area contributed by atoms with E-state index in [4.69, 9.17) is 0 Å². The topological polar surface area (TPSA) is 25.8 Å². The molecule has 2 nitrogen and oxygen atoms in total. The molecule has 2 heteroatoms. The van der Waals surface area contributed by atoms with Crippen LogP contribution in [0.3, 0.4) is 0 Å². The summed E-state index contributed by atoms with van der Waals surface area (Å²) in [6.45, 7) is 0. The highest BCUT2D eigenvalue weighted by atomic mass is 14.9. The van der Waals surface area contributed by atoms with Crippen LogP contribution in [-0.2, 0) is 6.42 Å². The highest BCUT2D eigenvalue weighted by Crippen LogP contribution is 2.34. The Bertz CT molecular complexity index is 558. The van der Waals surface area contributed by atoms with Crippen molar-refractivity contribution < 1.29 is 0 Å². The zero-order valence-corrected chi connectivity index (χ0v) is 14.1. The molecular formula is C21H28N2. The average Bonchev–Trinajstić information content (AvgIpc) is 3.43. The van der Waals surface area contributed by atoms with Crippen molar-refractivity contribution in [2.45, 2.75) is 64.2 Å². The molecule has 1 heterocycles. The molecule has 1 aliphatic rings. The Labute approximate surface area is 140 Å². The first-order chi connectivity index (χ1) is 11.4. The average molecular weight is 308 g/mol. The van der Waals surface area contributed by atoms with E-state index in [1.54, 1.807) is 0 Å². The highest BCUT2D eigenvalue weighted by Gasteiger charge is 2.19. The van der Waals surface area contributed by atoms with Crippen LogP contribution in [0.5, 0.6) is 0 Å². The van der Waals surface area contributed by atoms with Crippen LogP contribution in [0.1, 0.15) is 63.4 Å². The first-order valence-electron chi connectivity index (χ1n) is 9.28. The molecule has 0 aliphatic heterocycles. The predicted molar refractivity (Wildman–Crippen MR) is 96.2 cm³/mol. The van der Waals surface area contributed by atoms with Gasteiger partial charge < -0.3 is 0 Å². The van der Waals surface area contributed by atoms with Gasteiger partial charge in [-0.2, -0.15) is 0 Å². The molecule has 1 aliphatic carbocycles. The zero-order chi connectivity index (χ0) is 15.7. The molecule has 0 amide bonds. The second-order valence-corrected chi connectivity index (χ2v) is 6.88. The molecule has 2 aromatic rings. The SMILES string of the molecule is c1ccc(-c2ncc(CCCCCCCCC3CC3)cn2)cc1. The summed E-state index contributed by atoms with van der Waals surface area (Å²) in [6.07, 6.45) is 17.9. The van der Waals surface area contributed by atoms with E-state index in [2.05, 4.69) is 22.1 Å². The van der Waals surface area contributed by atoms with Crippen LogP contribution in [0.4, 0.5) is 0 Å². The van der Waals surface area contributed by atoms with Crippen LogP contribution in [-0.4, -0.2) is 9.97 Å². The first-order valence-corrected chi connectivity index (χ1v) is 9.28. The Morgan fingerprint density at radius 3 is 2.13 bits per heavy atom. The van der Waals surface area contributed by atoms with E-state index in [1.165, 1.54) is 63.4 Å². The number of rotatable bonds is 10. The minimum absolute atomic E-state index is 0.824. The van der Waals surface area contributed by atoms with Gasteiger partial charge in [0.1, 0.15) is 0 Å². The number of hydrogen-bond acceptors (Lipinski definition) is 2. The summed E-state index contributed by atoms with van der Waals surface area (Å²) >= 11 is 0. The molecule has 1 saturated carbocycles. The summed E-state index contributed by atoms with van der Waals surface area (Å²) in [6, 6.07) is 10.2. The monoisotopic (exact) mass is 308 g/mol. The lowest BCUT2D eigenvalue weighted by molar-refractivity contribution is 0.561. The van der Waals surface area contributed by atoms with Crippen molar-refractivity contribution in [3.05, 3.63) is 48.3 Å². The molecule has 1 fully saturated rings. The Morgan fingerprint density at radius 2 is 1.43 bits per heavy atom. The normalized spacial score (nSPS) is 14.1. The van der Waals surface area contributed by atoms with Crippen molar-refractivity contribution in [2.24, 2.45) is 5.92 Å². The fourth-order valence-electron chi connectivity index (χ4n) is 3.10. The molecule has 1 aromatic heterocycles. The third kappa shape index (κ3) is 5.78. The van der Waals surface area contributed by atoms with Crippen molar-refractivity contribution >= 4 is 0 Å². The van der Waals surface area contributed by atoms with Gasteiger partial charge in [0.25, 0.3) is 0 Å². The maximum Gasteiger partial charge on any atom is 0.159 e. The molecule has 0 unspecified atom stereocenters. The maximum absolute atomic E-state index is 4.50. The van der Waals surface area contributed by atoms with E-state index >= 15 is 0 Å². The molecule has 3 rings (SSSR count). The second-order valence-electron chi connectivity index (χ2n) is 6.88. The lowest BCUT2D eigenvalue weighted by Gasteiger charge is -2.04. The summed E-state index contributed by atoms with van der Waals surface area (Å²) < 4.78 is 0. The van der Waals surface area contributed by atoms with Gasteiger partial charge in [-0.05, 0) is 24.3 Å². The Morgan fingerprint density at radius 1 is 0.783 bits per heavy atom. The quantitative estimate of drug-likeness (QED) is 0.516. The Hall–Kier alpha value is -1.70. The van der Waals surface area contributed by atoms with Crippen molar-refractivity contribution in [3.8, 4) is 11.4 Å². The van der Waals surface area contributed by atoms with Gasteiger partial charge in [-0.3, -0.25) is 0 Å². The van der Waals surface area contributed by atoms with Gasteiger partial charge in [0.2, 0.25) is 0 Å². The summed E-state index contributed by atoms with van der Waals surface area (Å²) in [5, 5.41) is 0. The van der Waals surface area contributed by atoms with Crippen molar-refractivity contribution in [1.82, 2.24) is 9.97 Å². The largest absolute Gasteiger partial charge is 0.236 e.